The first kappa shape index (κ1) is 20.3. The molecule has 0 saturated carbocycles. The van der Waals surface area contributed by atoms with Crippen molar-refractivity contribution in [3.8, 4) is 11.6 Å². The van der Waals surface area contributed by atoms with Gasteiger partial charge < -0.3 is 19.6 Å². The summed E-state index contributed by atoms with van der Waals surface area (Å²) in [6, 6.07) is 16.7. The van der Waals surface area contributed by atoms with Crippen molar-refractivity contribution >= 4 is 34.1 Å². The molecule has 0 fully saturated rings. The Kier molecular flexibility index (Phi) is 5.79. The molecule has 8 heteroatoms. The van der Waals surface area contributed by atoms with Crippen molar-refractivity contribution in [2.75, 3.05) is 10.6 Å². The van der Waals surface area contributed by atoms with Gasteiger partial charge in [0.05, 0.1) is 0 Å². The lowest BCUT2D eigenvalue weighted by Gasteiger charge is -2.10. The standard InChI is InChI=1S/C23H23N5O3/c1-3-6-22-26-27-23(31-22)20-13-16-7-4-5-8-19(16)28(20)14-21(30)25-18-11-9-17(10-12-18)24-15(2)29/h4-5,7-13H,3,6,14H2,1-2H3,(H,24,29)(H,25,30). The maximum Gasteiger partial charge on any atom is 0.264 e. The van der Waals surface area contributed by atoms with Crippen LogP contribution in [-0.4, -0.2) is 26.6 Å². The van der Waals surface area contributed by atoms with Crippen molar-refractivity contribution in [3.05, 3.63) is 60.5 Å². The van der Waals surface area contributed by atoms with Crippen molar-refractivity contribution in [1.29, 1.82) is 0 Å². The first-order chi connectivity index (χ1) is 15.0. The first-order valence-electron chi connectivity index (χ1n) is 10.1. The van der Waals surface area contributed by atoms with E-state index in [0.29, 0.717) is 35.3 Å². The van der Waals surface area contributed by atoms with Gasteiger partial charge in [-0.05, 0) is 42.8 Å². The summed E-state index contributed by atoms with van der Waals surface area (Å²) < 4.78 is 7.69. The van der Waals surface area contributed by atoms with Gasteiger partial charge in [0.25, 0.3) is 5.89 Å². The number of carbonyl (C=O) groups excluding carboxylic acids is 2. The van der Waals surface area contributed by atoms with E-state index in [1.54, 1.807) is 24.3 Å². The molecular weight excluding hydrogens is 394 g/mol. The molecule has 2 amide bonds. The Morgan fingerprint density at radius 3 is 2.42 bits per heavy atom. The predicted octanol–water partition coefficient (Wildman–Crippen LogP) is 4.24. The number of nitrogens with zero attached hydrogens (tertiary/aromatic N) is 3. The molecule has 0 bridgehead atoms. The van der Waals surface area contributed by atoms with Crippen LogP contribution >= 0.6 is 0 Å². The van der Waals surface area contributed by atoms with Crippen LogP contribution in [0.25, 0.3) is 22.5 Å². The smallest absolute Gasteiger partial charge is 0.264 e. The molecule has 0 aliphatic carbocycles. The second-order valence-electron chi connectivity index (χ2n) is 7.23. The summed E-state index contributed by atoms with van der Waals surface area (Å²) in [5.41, 5.74) is 2.92. The summed E-state index contributed by atoms with van der Waals surface area (Å²) in [5, 5.41) is 14.9. The molecule has 158 valence electrons. The van der Waals surface area contributed by atoms with Crippen LogP contribution in [-0.2, 0) is 22.6 Å². The van der Waals surface area contributed by atoms with Crippen LogP contribution in [0.15, 0.2) is 59.0 Å². The summed E-state index contributed by atoms with van der Waals surface area (Å²) in [4.78, 5) is 24.0. The maximum absolute atomic E-state index is 12.8. The number of anilines is 2. The van der Waals surface area contributed by atoms with Crippen LogP contribution in [0, 0.1) is 0 Å². The fourth-order valence-corrected chi connectivity index (χ4v) is 3.41. The largest absolute Gasteiger partial charge is 0.419 e. The summed E-state index contributed by atoms with van der Waals surface area (Å²) in [6.07, 6.45) is 1.62. The minimum Gasteiger partial charge on any atom is -0.419 e. The molecule has 2 aromatic carbocycles. The molecule has 0 aliphatic rings. The minimum atomic E-state index is -0.192. The van der Waals surface area contributed by atoms with Crippen molar-refractivity contribution in [2.24, 2.45) is 0 Å². The number of para-hydroxylation sites is 1. The SMILES string of the molecule is CCCc1nnc(-c2cc3ccccc3n2CC(=O)Nc2ccc(NC(C)=O)cc2)o1. The van der Waals surface area contributed by atoms with Crippen LogP contribution in [0.2, 0.25) is 0 Å². The predicted molar refractivity (Wildman–Crippen MR) is 119 cm³/mol. The van der Waals surface area contributed by atoms with Gasteiger partial charge in [0.15, 0.2) is 0 Å². The zero-order valence-electron chi connectivity index (χ0n) is 17.4. The topological polar surface area (TPSA) is 102 Å². The quantitative estimate of drug-likeness (QED) is 0.468. The number of carbonyl (C=O) groups is 2. The fourth-order valence-electron chi connectivity index (χ4n) is 3.41. The average molecular weight is 417 g/mol. The molecule has 0 unspecified atom stereocenters. The van der Waals surface area contributed by atoms with Crippen LogP contribution < -0.4 is 10.6 Å². The number of aryl methyl sites for hydroxylation is 1. The lowest BCUT2D eigenvalue weighted by atomic mass is 10.2. The summed E-state index contributed by atoms with van der Waals surface area (Å²) in [6.45, 7) is 3.58. The second-order valence-corrected chi connectivity index (χ2v) is 7.23. The van der Waals surface area contributed by atoms with Gasteiger partial charge >= 0.3 is 0 Å². The van der Waals surface area contributed by atoms with E-state index >= 15 is 0 Å². The Balaban J connectivity index is 1.58. The average Bonchev–Trinajstić information content (AvgIpc) is 3.34. The molecule has 31 heavy (non-hydrogen) atoms. The molecule has 2 heterocycles. The number of hydrogen-bond acceptors (Lipinski definition) is 5. The van der Waals surface area contributed by atoms with Crippen LogP contribution in [0.3, 0.4) is 0 Å². The highest BCUT2D eigenvalue weighted by molar-refractivity contribution is 5.94. The molecule has 0 aliphatic heterocycles. The number of nitrogens with one attached hydrogen (secondary N) is 2. The van der Waals surface area contributed by atoms with E-state index in [1.807, 2.05) is 41.8 Å². The van der Waals surface area contributed by atoms with E-state index in [-0.39, 0.29) is 18.4 Å². The van der Waals surface area contributed by atoms with Crippen molar-refractivity contribution in [2.45, 2.75) is 33.2 Å². The molecular formula is C23H23N5O3. The van der Waals surface area contributed by atoms with Gasteiger partial charge in [0.2, 0.25) is 17.7 Å². The lowest BCUT2D eigenvalue weighted by Crippen LogP contribution is -2.19. The Hall–Kier alpha value is -3.94. The van der Waals surface area contributed by atoms with E-state index in [1.165, 1.54) is 6.92 Å². The van der Waals surface area contributed by atoms with E-state index < -0.39 is 0 Å². The Bertz CT molecular complexity index is 1220. The molecule has 0 saturated heterocycles. The zero-order chi connectivity index (χ0) is 21.8. The Labute approximate surface area is 179 Å². The molecule has 0 radical (unpaired) electrons. The third-order valence-corrected chi connectivity index (χ3v) is 4.75. The molecule has 8 nitrogen and oxygen atoms in total. The Morgan fingerprint density at radius 2 is 1.71 bits per heavy atom. The highest BCUT2D eigenvalue weighted by atomic mass is 16.4. The Morgan fingerprint density at radius 1 is 1.00 bits per heavy atom. The summed E-state index contributed by atoms with van der Waals surface area (Å²) in [5.74, 6) is 0.639. The van der Waals surface area contributed by atoms with Gasteiger partial charge in [-0.2, -0.15) is 0 Å². The fraction of sp³-hybridized carbons (Fsp3) is 0.217. The second kappa shape index (κ2) is 8.83. The van der Waals surface area contributed by atoms with E-state index in [2.05, 4.69) is 20.8 Å². The number of benzene rings is 2. The lowest BCUT2D eigenvalue weighted by molar-refractivity contribution is -0.116. The normalized spacial score (nSPS) is 10.9. The summed E-state index contributed by atoms with van der Waals surface area (Å²) >= 11 is 0. The van der Waals surface area contributed by atoms with Crippen LogP contribution in [0.1, 0.15) is 26.2 Å². The molecule has 4 aromatic rings. The number of hydrogen-bond donors (Lipinski definition) is 2. The number of amides is 2. The van der Waals surface area contributed by atoms with E-state index in [4.69, 9.17) is 4.42 Å². The highest BCUT2D eigenvalue weighted by Crippen LogP contribution is 2.28. The first-order valence-corrected chi connectivity index (χ1v) is 10.1. The van der Waals surface area contributed by atoms with Gasteiger partial charge in [-0.15, -0.1) is 10.2 Å². The van der Waals surface area contributed by atoms with Crippen molar-refractivity contribution < 1.29 is 14.0 Å². The van der Waals surface area contributed by atoms with E-state index in [0.717, 1.165) is 17.3 Å². The molecule has 0 atom stereocenters. The van der Waals surface area contributed by atoms with E-state index in [9.17, 15) is 9.59 Å². The van der Waals surface area contributed by atoms with Gasteiger partial charge in [-0.1, -0.05) is 25.1 Å². The molecule has 2 N–H and O–H groups in total. The highest BCUT2D eigenvalue weighted by Gasteiger charge is 2.18. The van der Waals surface area contributed by atoms with Crippen LogP contribution in [0.5, 0.6) is 0 Å². The maximum atomic E-state index is 12.8. The molecule has 2 aromatic heterocycles. The van der Waals surface area contributed by atoms with Crippen molar-refractivity contribution in [3.63, 3.8) is 0 Å². The third-order valence-electron chi connectivity index (χ3n) is 4.75. The van der Waals surface area contributed by atoms with Gasteiger partial charge in [-0.25, -0.2) is 0 Å². The summed E-state index contributed by atoms with van der Waals surface area (Å²) in [7, 11) is 0. The monoisotopic (exact) mass is 417 g/mol. The van der Waals surface area contributed by atoms with Crippen molar-refractivity contribution in [1.82, 2.24) is 14.8 Å². The van der Waals surface area contributed by atoms with Gasteiger partial charge in [-0.3, -0.25) is 9.59 Å². The van der Waals surface area contributed by atoms with Crippen LogP contribution in [0.4, 0.5) is 11.4 Å². The zero-order valence-corrected chi connectivity index (χ0v) is 17.4. The molecule has 4 rings (SSSR count). The minimum absolute atomic E-state index is 0.0851. The third kappa shape index (κ3) is 4.63. The molecule has 0 spiro atoms. The van der Waals surface area contributed by atoms with Gasteiger partial charge in [0, 0.05) is 35.6 Å². The number of aromatic nitrogens is 3. The number of rotatable bonds is 7. The number of fused-ring (bicyclic) bond motifs is 1. The van der Waals surface area contributed by atoms with Gasteiger partial charge in [0.1, 0.15) is 12.2 Å².